The largest absolute Gasteiger partial charge is 0.354 e. The van der Waals surface area contributed by atoms with Crippen LogP contribution in [0.4, 0.5) is 0 Å². The average Bonchev–Trinajstić information content (AvgIpc) is 2.28. The van der Waals surface area contributed by atoms with Crippen LogP contribution >= 0.6 is 0 Å². The number of rotatable bonds is 4. The Labute approximate surface area is 103 Å². The van der Waals surface area contributed by atoms with Gasteiger partial charge in [-0.05, 0) is 17.5 Å². The van der Waals surface area contributed by atoms with Crippen LogP contribution in [0.5, 0.6) is 0 Å². The Kier molecular flexibility index (Phi) is 4.63. The smallest absolute Gasteiger partial charge is 0.237 e. The third-order valence-corrected chi connectivity index (χ3v) is 2.62. The van der Waals surface area contributed by atoms with Crippen LogP contribution in [-0.4, -0.2) is 23.5 Å². The third-order valence-electron chi connectivity index (χ3n) is 2.62. The number of nitrogens with one attached hydrogen (secondary N) is 1. The maximum Gasteiger partial charge on any atom is 0.237 e. The predicted molar refractivity (Wildman–Crippen MR) is 68.4 cm³/mol. The molecule has 3 N–H and O–H groups in total. The summed E-state index contributed by atoms with van der Waals surface area (Å²) in [6.07, 6.45) is 2.47. The highest BCUT2D eigenvalue weighted by Gasteiger charge is 2.26. The van der Waals surface area contributed by atoms with Gasteiger partial charge in [-0.25, -0.2) is 0 Å². The van der Waals surface area contributed by atoms with Crippen molar-refractivity contribution < 1.29 is 4.79 Å². The first-order valence-electron chi connectivity index (χ1n) is 5.84. The minimum Gasteiger partial charge on any atom is -0.354 e. The van der Waals surface area contributed by atoms with Crippen molar-refractivity contribution in [2.24, 2.45) is 11.1 Å². The number of hydrogen-bond acceptors (Lipinski definition) is 3. The monoisotopic (exact) mass is 235 g/mol. The van der Waals surface area contributed by atoms with Gasteiger partial charge in [-0.2, -0.15) is 0 Å². The van der Waals surface area contributed by atoms with Crippen molar-refractivity contribution in [2.45, 2.75) is 33.2 Å². The summed E-state index contributed by atoms with van der Waals surface area (Å²) in [4.78, 5) is 15.9. The van der Waals surface area contributed by atoms with Crippen LogP contribution < -0.4 is 11.1 Å². The van der Waals surface area contributed by atoms with Crippen LogP contribution in [0.2, 0.25) is 0 Å². The van der Waals surface area contributed by atoms with E-state index in [1.54, 1.807) is 6.20 Å². The molecular weight excluding hydrogens is 214 g/mol. The van der Waals surface area contributed by atoms with Gasteiger partial charge in [0.05, 0.1) is 6.04 Å². The number of nitrogens with two attached hydrogens (primary N) is 1. The van der Waals surface area contributed by atoms with Gasteiger partial charge in [0.25, 0.3) is 0 Å². The van der Waals surface area contributed by atoms with Gasteiger partial charge >= 0.3 is 0 Å². The van der Waals surface area contributed by atoms with Gasteiger partial charge in [0.2, 0.25) is 5.91 Å². The molecule has 0 fully saturated rings. The van der Waals surface area contributed by atoms with Gasteiger partial charge < -0.3 is 11.1 Å². The van der Waals surface area contributed by atoms with Crippen LogP contribution in [0.1, 0.15) is 26.5 Å². The average molecular weight is 235 g/mol. The molecule has 17 heavy (non-hydrogen) atoms. The maximum absolute atomic E-state index is 11.7. The van der Waals surface area contributed by atoms with Crippen LogP contribution in [-0.2, 0) is 11.2 Å². The molecule has 0 aromatic carbocycles. The lowest BCUT2D eigenvalue weighted by atomic mass is 9.87. The number of pyridine rings is 1. The van der Waals surface area contributed by atoms with Gasteiger partial charge in [-0.3, -0.25) is 9.78 Å². The molecule has 0 aliphatic heterocycles. The molecule has 94 valence electrons. The minimum atomic E-state index is -0.480. The van der Waals surface area contributed by atoms with Crippen molar-refractivity contribution >= 4 is 5.91 Å². The van der Waals surface area contributed by atoms with Crippen LogP contribution in [0.15, 0.2) is 24.4 Å². The van der Waals surface area contributed by atoms with Crippen LogP contribution in [0.3, 0.4) is 0 Å². The molecule has 0 bridgehead atoms. The number of carbonyl (C=O) groups excluding carboxylic acids is 1. The molecular formula is C13H21N3O. The number of nitrogens with zero attached hydrogens (tertiary/aromatic N) is 1. The van der Waals surface area contributed by atoms with Gasteiger partial charge in [-0.1, -0.05) is 26.8 Å². The Hall–Kier alpha value is -1.42. The molecule has 1 heterocycles. The van der Waals surface area contributed by atoms with Crippen molar-refractivity contribution in [3.8, 4) is 0 Å². The van der Waals surface area contributed by atoms with E-state index in [0.717, 1.165) is 12.1 Å². The molecule has 4 nitrogen and oxygen atoms in total. The Morgan fingerprint density at radius 3 is 2.71 bits per heavy atom. The van der Waals surface area contributed by atoms with E-state index in [-0.39, 0.29) is 11.3 Å². The number of carbonyl (C=O) groups is 1. The van der Waals surface area contributed by atoms with Gasteiger partial charge in [0.1, 0.15) is 0 Å². The van der Waals surface area contributed by atoms with Gasteiger partial charge in [0, 0.05) is 24.9 Å². The number of amides is 1. The first-order valence-corrected chi connectivity index (χ1v) is 5.84. The molecule has 1 atom stereocenters. The Morgan fingerprint density at radius 2 is 2.18 bits per heavy atom. The Morgan fingerprint density at radius 1 is 1.47 bits per heavy atom. The third kappa shape index (κ3) is 4.53. The molecule has 1 amide bonds. The number of aromatic nitrogens is 1. The van der Waals surface area contributed by atoms with E-state index in [2.05, 4.69) is 10.3 Å². The predicted octanol–water partition coefficient (Wildman–Crippen LogP) is 1.11. The zero-order valence-corrected chi connectivity index (χ0v) is 10.7. The molecule has 1 rings (SSSR count). The molecule has 0 spiro atoms. The quantitative estimate of drug-likeness (QED) is 0.821. The summed E-state index contributed by atoms with van der Waals surface area (Å²) in [5, 5.41) is 2.83. The Bertz CT molecular complexity index is 357. The second-order valence-electron chi connectivity index (χ2n) is 5.21. The number of hydrogen-bond donors (Lipinski definition) is 2. The highest BCUT2D eigenvalue weighted by Crippen LogP contribution is 2.16. The second kappa shape index (κ2) is 5.77. The maximum atomic E-state index is 11.7. The standard InChI is InChI=1S/C13H21N3O/c1-13(2,3)11(14)12(17)16-9-7-10-6-4-5-8-15-10/h4-6,8,11H,7,9,14H2,1-3H3,(H,16,17)/t11-/m0/s1. The van der Waals surface area contributed by atoms with E-state index in [0.29, 0.717) is 6.54 Å². The normalized spacial score (nSPS) is 13.2. The first-order chi connectivity index (χ1) is 7.91. The first kappa shape index (κ1) is 13.6. The molecule has 0 radical (unpaired) electrons. The summed E-state index contributed by atoms with van der Waals surface area (Å²) < 4.78 is 0. The molecule has 1 aromatic heterocycles. The summed E-state index contributed by atoms with van der Waals surface area (Å²) in [7, 11) is 0. The van der Waals surface area contributed by atoms with E-state index in [9.17, 15) is 4.79 Å². The summed E-state index contributed by atoms with van der Waals surface area (Å²) in [5.74, 6) is -0.103. The molecule has 4 heteroatoms. The highest BCUT2D eigenvalue weighted by molar-refractivity contribution is 5.82. The van der Waals surface area contributed by atoms with Gasteiger partial charge in [0.15, 0.2) is 0 Å². The summed E-state index contributed by atoms with van der Waals surface area (Å²) in [6, 6.07) is 5.27. The van der Waals surface area contributed by atoms with E-state index in [1.807, 2.05) is 39.0 Å². The molecule has 0 saturated carbocycles. The van der Waals surface area contributed by atoms with Crippen LogP contribution in [0, 0.1) is 5.41 Å². The fraction of sp³-hybridized carbons (Fsp3) is 0.538. The van der Waals surface area contributed by atoms with Crippen molar-refractivity contribution in [2.75, 3.05) is 6.54 Å². The van der Waals surface area contributed by atoms with Crippen molar-refractivity contribution in [1.82, 2.24) is 10.3 Å². The lowest BCUT2D eigenvalue weighted by Gasteiger charge is -2.25. The summed E-state index contributed by atoms with van der Waals surface area (Å²) >= 11 is 0. The summed E-state index contributed by atoms with van der Waals surface area (Å²) in [6.45, 7) is 6.43. The highest BCUT2D eigenvalue weighted by atomic mass is 16.2. The lowest BCUT2D eigenvalue weighted by molar-refractivity contribution is -0.124. The van der Waals surface area contributed by atoms with Crippen molar-refractivity contribution in [3.05, 3.63) is 30.1 Å². The van der Waals surface area contributed by atoms with Crippen LogP contribution in [0.25, 0.3) is 0 Å². The Balaban J connectivity index is 2.35. The van der Waals surface area contributed by atoms with E-state index >= 15 is 0 Å². The molecule has 1 aromatic rings. The molecule has 0 aliphatic carbocycles. The molecule has 0 unspecified atom stereocenters. The summed E-state index contributed by atoms with van der Waals surface area (Å²) in [5.41, 5.74) is 6.60. The molecule has 0 saturated heterocycles. The van der Waals surface area contributed by atoms with E-state index < -0.39 is 6.04 Å². The second-order valence-corrected chi connectivity index (χ2v) is 5.21. The fourth-order valence-electron chi connectivity index (χ4n) is 1.36. The zero-order valence-electron chi connectivity index (χ0n) is 10.7. The fourth-order valence-corrected chi connectivity index (χ4v) is 1.36. The van der Waals surface area contributed by atoms with Crippen molar-refractivity contribution in [1.29, 1.82) is 0 Å². The lowest BCUT2D eigenvalue weighted by Crippen LogP contribution is -2.49. The SMILES string of the molecule is CC(C)(C)[C@@H](N)C(=O)NCCc1ccccn1. The topological polar surface area (TPSA) is 68.0 Å². The van der Waals surface area contributed by atoms with Crippen molar-refractivity contribution in [3.63, 3.8) is 0 Å². The zero-order chi connectivity index (χ0) is 12.9. The van der Waals surface area contributed by atoms with Gasteiger partial charge in [-0.15, -0.1) is 0 Å². The van der Waals surface area contributed by atoms with E-state index in [1.165, 1.54) is 0 Å². The molecule has 0 aliphatic rings. The minimum absolute atomic E-state index is 0.103. The van der Waals surface area contributed by atoms with E-state index in [4.69, 9.17) is 5.73 Å².